The Labute approximate surface area is 135 Å². The monoisotopic (exact) mass is 321 g/mol. The molecule has 0 saturated carbocycles. The highest BCUT2D eigenvalue weighted by molar-refractivity contribution is 7.99. The molecule has 5 nitrogen and oxygen atoms in total. The Morgan fingerprint density at radius 2 is 1.91 bits per heavy atom. The lowest BCUT2D eigenvalue weighted by Gasteiger charge is -2.22. The highest BCUT2D eigenvalue weighted by Gasteiger charge is 2.30. The van der Waals surface area contributed by atoms with E-state index < -0.39 is 0 Å². The zero-order valence-corrected chi connectivity index (χ0v) is 14.1. The molecule has 3 rings (SSSR count). The van der Waals surface area contributed by atoms with Crippen molar-refractivity contribution < 1.29 is 4.79 Å². The molecular formula is C16H23N3O2S. The molecule has 0 aromatic carbocycles. The Hall–Kier alpha value is -1.30. The minimum Gasteiger partial charge on any atom is -0.343 e. The van der Waals surface area contributed by atoms with E-state index in [4.69, 9.17) is 0 Å². The fourth-order valence-corrected chi connectivity index (χ4v) is 4.35. The zero-order valence-electron chi connectivity index (χ0n) is 13.3. The van der Waals surface area contributed by atoms with Crippen LogP contribution < -0.4 is 5.56 Å². The number of carbonyl (C=O) groups excluding carboxylic acids is 1. The van der Waals surface area contributed by atoms with Gasteiger partial charge in [-0.3, -0.25) is 14.2 Å². The average Bonchev–Trinajstić information content (AvgIpc) is 2.73. The first-order valence-electron chi connectivity index (χ1n) is 8.08. The van der Waals surface area contributed by atoms with Gasteiger partial charge in [0.2, 0.25) is 5.91 Å². The number of nitrogens with zero attached hydrogens (tertiary/aromatic N) is 3. The summed E-state index contributed by atoms with van der Waals surface area (Å²) in [7, 11) is 0. The van der Waals surface area contributed by atoms with Crippen molar-refractivity contribution in [3.63, 3.8) is 0 Å². The van der Waals surface area contributed by atoms with Crippen molar-refractivity contribution in [1.82, 2.24) is 14.5 Å². The first-order valence-corrected chi connectivity index (χ1v) is 9.07. The Bertz CT molecular complexity index is 633. The highest BCUT2D eigenvalue weighted by atomic mass is 32.2. The van der Waals surface area contributed by atoms with Gasteiger partial charge in [-0.15, -0.1) is 0 Å². The predicted octanol–water partition coefficient (Wildman–Crippen LogP) is 2.30. The van der Waals surface area contributed by atoms with Gasteiger partial charge in [-0.2, -0.15) is 0 Å². The normalized spacial score (nSPS) is 21.5. The van der Waals surface area contributed by atoms with Gasteiger partial charge in [0.05, 0.1) is 6.04 Å². The molecule has 2 aliphatic heterocycles. The number of hydrogen-bond acceptors (Lipinski definition) is 4. The van der Waals surface area contributed by atoms with E-state index in [1.807, 2.05) is 18.7 Å². The molecule has 120 valence electrons. The Kier molecular flexibility index (Phi) is 4.57. The van der Waals surface area contributed by atoms with Crippen LogP contribution in [-0.2, 0) is 4.79 Å². The van der Waals surface area contributed by atoms with E-state index in [1.165, 1.54) is 12.8 Å². The molecule has 0 spiro atoms. The summed E-state index contributed by atoms with van der Waals surface area (Å²) in [6.07, 6.45) is 5.05. The summed E-state index contributed by atoms with van der Waals surface area (Å²) in [5.41, 5.74) is 1.50. The number of carbonyl (C=O) groups is 1. The van der Waals surface area contributed by atoms with Crippen molar-refractivity contribution in [1.29, 1.82) is 0 Å². The number of fused-ring (bicyclic) bond motifs is 1. The standard InChI is InChI=1S/C16H23N3O2S/c1-11-12(2)17-16-19(15(11)21)13(10-22-16)9-14(20)18-7-5-3-4-6-8-18/h13H,3-10H2,1-2H3. The summed E-state index contributed by atoms with van der Waals surface area (Å²) in [4.78, 5) is 31.5. The molecule has 1 aromatic heterocycles. The fraction of sp³-hybridized carbons (Fsp3) is 0.688. The van der Waals surface area contributed by atoms with Gasteiger partial charge in [0.1, 0.15) is 0 Å². The maximum absolute atomic E-state index is 12.6. The predicted molar refractivity (Wildman–Crippen MR) is 87.4 cm³/mol. The van der Waals surface area contributed by atoms with Crippen LogP contribution in [0.4, 0.5) is 0 Å². The van der Waals surface area contributed by atoms with Crippen molar-refractivity contribution in [3.8, 4) is 0 Å². The first kappa shape index (κ1) is 15.6. The van der Waals surface area contributed by atoms with E-state index in [0.717, 1.165) is 42.5 Å². The minimum atomic E-state index is -0.0462. The number of aromatic nitrogens is 2. The fourth-order valence-electron chi connectivity index (χ4n) is 3.17. The Morgan fingerprint density at radius 1 is 1.23 bits per heavy atom. The molecule has 1 fully saturated rings. The van der Waals surface area contributed by atoms with E-state index in [1.54, 1.807) is 16.3 Å². The minimum absolute atomic E-state index is 0.0150. The summed E-state index contributed by atoms with van der Waals surface area (Å²) >= 11 is 1.59. The third-order valence-electron chi connectivity index (χ3n) is 4.69. The van der Waals surface area contributed by atoms with Crippen molar-refractivity contribution in [2.24, 2.45) is 0 Å². The Morgan fingerprint density at radius 3 is 2.59 bits per heavy atom. The topological polar surface area (TPSA) is 55.2 Å². The number of aryl methyl sites for hydroxylation is 1. The van der Waals surface area contributed by atoms with Crippen LogP contribution in [0, 0.1) is 13.8 Å². The molecule has 0 N–H and O–H groups in total. The lowest BCUT2D eigenvalue weighted by atomic mass is 10.2. The molecular weight excluding hydrogens is 298 g/mol. The lowest BCUT2D eigenvalue weighted by molar-refractivity contribution is -0.131. The molecule has 0 bridgehead atoms. The second kappa shape index (κ2) is 6.44. The largest absolute Gasteiger partial charge is 0.343 e. The summed E-state index contributed by atoms with van der Waals surface area (Å²) in [6.45, 7) is 5.42. The maximum atomic E-state index is 12.6. The van der Waals surface area contributed by atoms with Crippen LogP contribution in [0.3, 0.4) is 0 Å². The van der Waals surface area contributed by atoms with E-state index >= 15 is 0 Å². The van der Waals surface area contributed by atoms with Gasteiger partial charge in [-0.1, -0.05) is 24.6 Å². The molecule has 6 heteroatoms. The van der Waals surface area contributed by atoms with Gasteiger partial charge in [0.25, 0.3) is 5.56 Å². The SMILES string of the molecule is Cc1nc2n(c(=O)c1C)C(CC(=O)N1CCCCCC1)CS2. The quantitative estimate of drug-likeness (QED) is 0.784. The van der Waals surface area contributed by atoms with Gasteiger partial charge < -0.3 is 4.90 Å². The average molecular weight is 321 g/mol. The van der Waals surface area contributed by atoms with Gasteiger partial charge in [-0.05, 0) is 26.7 Å². The van der Waals surface area contributed by atoms with Crippen LogP contribution in [0.25, 0.3) is 0 Å². The molecule has 0 radical (unpaired) electrons. The van der Waals surface area contributed by atoms with E-state index in [9.17, 15) is 9.59 Å². The van der Waals surface area contributed by atoms with E-state index in [-0.39, 0.29) is 17.5 Å². The third kappa shape index (κ3) is 2.93. The molecule has 2 aliphatic rings. The van der Waals surface area contributed by atoms with Crippen LogP contribution in [0.2, 0.25) is 0 Å². The number of likely N-dealkylation sites (tertiary alicyclic amines) is 1. The lowest BCUT2D eigenvalue weighted by Crippen LogP contribution is -2.35. The molecule has 0 aliphatic carbocycles. The first-order chi connectivity index (χ1) is 10.6. The molecule has 1 saturated heterocycles. The van der Waals surface area contributed by atoms with Crippen LogP contribution in [0.5, 0.6) is 0 Å². The van der Waals surface area contributed by atoms with Crippen LogP contribution >= 0.6 is 11.8 Å². The highest BCUT2D eigenvalue weighted by Crippen LogP contribution is 2.33. The Balaban J connectivity index is 1.77. The molecule has 1 amide bonds. The number of hydrogen-bond donors (Lipinski definition) is 0. The van der Waals surface area contributed by atoms with E-state index in [2.05, 4.69) is 4.98 Å². The van der Waals surface area contributed by atoms with Crippen molar-refractivity contribution >= 4 is 17.7 Å². The van der Waals surface area contributed by atoms with Crippen molar-refractivity contribution in [2.75, 3.05) is 18.8 Å². The van der Waals surface area contributed by atoms with Gasteiger partial charge in [0.15, 0.2) is 5.16 Å². The summed E-state index contributed by atoms with van der Waals surface area (Å²) in [5, 5.41) is 0.766. The molecule has 1 atom stereocenters. The van der Waals surface area contributed by atoms with E-state index in [0.29, 0.717) is 12.0 Å². The van der Waals surface area contributed by atoms with Crippen LogP contribution in [-0.4, -0.2) is 39.2 Å². The zero-order chi connectivity index (χ0) is 15.7. The van der Waals surface area contributed by atoms with Crippen LogP contribution in [0.15, 0.2) is 9.95 Å². The number of rotatable bonds is 2. The van der Waals surface area contributed by atoms with Crippen LogP contribution in [0.1, 0.15) is 49.4 Å². The second-order valence-electron chi connectivity index (χ2n) is 6.24. The number of thioether (sulfide) groups is 1. The molecule has 3 heterocycles. The van der Waals surface area contributed by atoms with Gasteiger partial charge >= 0.3 is 0 Å². The summed E-state index contributed by atoms with van der Waals surface area (Å²) < 4.78 is 1.74. The third-order valence-corrected chi connectivity index (χ3v) is 5.79. The molecule has 1 aromatic rings. The maximum Gasteiger partial charge on any atom is 0.257 e. The molecule has 22 heavy (non-hydrogen) atoms. The van der Waals surface area contributed by atoms with Crippen molar-refractivity contribution in [2.45, 2.75) is 57.1 Å². The van der Waals surface area contributed by atoms with Crippen molar-refractivity contribution in [3.05, 3.63) is 21.6 Å². The number of amides is 1. The van der Waals surface area contributed by atoms with Gasteiger partial charge in [-0.25, -0.2) is 4.98 Å². The van der Waals surface area contributed by atoms with Gasteiger partial charge in [0, 0.05) is 36.5 Å². The smallest absolute Gasteiger partial charge is 0.257 e. The summed E-state index contributed by atoms with van der Waals surface area (Å²) in [5.74, 6) is 0.954. The molecule has 1 unspecified atom stereocenters. The summed E-state index contributed by atoms with van der Waals surface area (Å²) in [6, 6.07) is -0.0462. The second-order valence-corrected chi connectivity index (χ2v) is 7.23.